The molecule has 0 bridgehead atoms. The molecule has 1 N–H and O–H groups in total. The first kappa shape index (κ1) is 26.1. The number of halogens is 1. The minimum absolute atomic E-state index is 0.0960. The Labute approximate surface area is 238 Å². The zero-order valence-corrected chi connectivity index (χ0v) is 23.9. The summed E-state index contributed by atoms with van der Waals surface area (Å²) in [5, 5.41) is 4.08. The SMILES string of the molecule is CCc1cc2c(cc3n2CC(C(=O)NC2CCCCCC2)(c2ccccc2)N(Cc2ccc(Cl)cc2)C3=O)s1. The Hall–Kier alpha value is -3.09. The lowest BCUT2D eigenvalue weighted by Crippen LogP contribution is -2.63. The molecule has 0 radical (unpaired) electrons. The number of fused-ring (bicyclic) bond motifs is 3. The largest absolute Gasteiger partial charge is 0.351 e. The van der Waals surface area contributed by atoms with Crippen LogP contribution in [0.25, 0.3) is 10.2 Å². The van der Waals surface area contributed by atoms with Crippen LogP contribution in [0, 0.1) is 0 Å². The second-order valence-electron chi connectivity index (χ2n) is 10.8. The lowest BCUT2D eigenvalue weighted by molar-refractivity contribution is -0.136. The van der Waals surface area contributed by atoms with Crippen molar-refractivity contribution in [2.45, 2.75) is 76.5 Å². The molecule has 5 nitrogen and oxygen atoms in total. The number of amides is 2. The number of carbonyl (C=O) groups excluding carboxylic acids is 2. The Morgan fingerprint density at radius 2 is 1.74 bits per heavy atom. The molecule has 0 saturated heterocycles. The number of nitrogens with zero attached hydrogens (tertiary/aromatic N) is 2. The van der Waals surface area contributed by atoms with Crippen molar-refractivity contribution in [1.82, 2.24) is 14.8 Å². The van der Waals surface area contributed by atoms with Crippen molar-refractivity contribution in [2.24, 2.45) is 0 Å². The van der Waals surface area contributed by atoms with E-state index in [9.17, 15) is 9.59 Å². The van der Waals surface area contributed by atoms with Crippen LogP contribution in [0.5, 0.6) is 0 Å². The molecule has 0 spiro atoms. The molecule has 2 aromatic carbocycles. The summed E-state index contributed by atoms with van der Waals surface area (Å²) >= 11 is 7.91. The summed E-state index contributed by atoms with van der Waals surface area (Å²) < 4.78 is 3.18. The van der Waals surface area contributed by atoms with Crippen LogP contribution in [0.15, 0.2) is 66.7 Å². The Morgan fingerprint density at radius 3 is 2.44 bits per heavy atom. The van der Waals surface area contributed by atoms with E-state index in [0.29, 0.717) is 23.8 Å². The van der Waals surface area contributed by atoms with E-state index in [-0.39, 0.29) is 17.9 Å². The van der Waals surface area contributed by atoms with Gasteiger partial charge >= 0.3 is 0 Å². The van der Waals surface area contributed by atoms with Gasteiger partial charge in [-0.3, -0.25) is 9.59 Å². The normalized spacial score (nSPS) is 20.2. The number of aryl methyl sites for hydroxylation is 1. The third-order valence-electron chi connectivity index (χ3n) is 8.37. The highest BCUT2D eigenvalue weighted by molar-refractivity contribution is 7.19. The summed E-state index contributed by atoms with van der Waals surface area (Å²) in [6, 6.07) is 21.7. The number of hydrogen-bond acceptors (Lipinski definition) is 3. The molecule has 2 aromatic heterocycles. The van der Waals surface area contributed by atoms with Gasteiger partial charge in [0.1, 0.15) is 5.69 Å². The molecule has 202 valence electrons. The van der Waals surface area contributed by atoms with E-state index < -0.39 is 5.54 Å². The fourth-order valence-electron chi connectivity index (χ4n) is 6.23. The van der Waals surface area contributed by atoms with Gasteiger partial charge in [0.05, 0.1) is 16.8 Å². The molecule has 39 heavy (non-hydrogen) atoms. The maximum atomic E-state index is 14.7. The zero-order chi connectivity index (χ0) is 27.0. The number of hydrogen-bond donors (Lipinski definition) is 1. The lowest BCUT2D eigenvalue weighted by Gasteiger charge is -2.47. The molecule has 7 heteroatoms. The van der Waals surface area contributed by atoms with Gasteiger partial charge in [-0.1, -0.05) is 86.7 Å². The zero-order valence-electron chi connectivity index (χ0n) is 22.3. The molecule has 4 aromatic rings. The minimum atomic E-state index is -1.20. The van der Waals surface area contributed by atoms with Crippen LogP contribution in [0.4, 0.5) is 0 Å². The van der Waals surface area contributed by atoms with Gasteiger partial charge in [0.2, 0.25) is 0 Å². The van der Waals surface area contributed by atoms with Gasteiger partial charge in [0.15, 0.2) is 5.54 Å². The van der Waals surface area contributed by atoms with Gasteiger partial charge in [0, 0.05) is 22.5 Å². The first-order valence-electron chi connectivity index (χ1n) is 14.0. The summed E-state index contributed by atoms with van der Waals surface area (Å²) in [6.07, 6.45) is 7.55. The molecule has 6 rings (SSSR count). The average molecular weight is 560 g/mol. The standard InChI is InChI=1S/C32H34ClN3O2S/c1-2-26-18-27-29(39-26)19-28-30(37)36(20-22-14-16-24(33)17-15-22)32(21-35(27)28,23-10-6-5-7-11-23)31(38)34-25-12-8-3-4-9-13-25/h5-7,10-11,14-19,25H,2-4,8-9,12-13,20-21H2,1H3,(H,34,38). The topological polar surface area (TPSA) is 54.3 Å². The van der Waals surface area contributed by atoms with Gasteiger partial charge in [-0.15, -0.1) is 11.3 Å². The summed E-state index contributed by atoms with van der Waals surface area (Å²) in [7, 11) is 0. The fourth-order valence-corrected chi connectivity index (χ4v) is 7.40. The first-order valence-corrected chi connectivity index (χ1v) is 15.2. The van der Waals surface area contributed by atoms with Crippen LogP contribution in [0.2, 0.25) is 5.02 Å². The summed E-state index contributed by atoms with van der Waals surface area (Å²) in [5.74, 6) is -0.223. The van der Waals surface area contributed by atoms with Crippen LogP contribution < -0.4 is 5.32 Å². The van der Waals surface area contributed by atoms with Gasteiger partial charge in [-0.05, 0) is 54.7 Å². The van der Waals surface area contributed by atoms with E-state index in [1.807, 2.05) is 60.7 Å². The van der Waals surface area contributed by atoms with E-state index >= 15 is 0 Å². The quantitative estimate of drug-likeness (QED) is 0.252. The van der Waals surface area contributed by atoms with E-state index in [1.54, 1.807) is 16.2 Å². The van der Waals surface area contributed by atoms with Crippen molar-refractivity contribution < 1.29 is 9.59 Å². The fraction of sp³-hybridized carbons (Fsp3) is 0.375. The van der Waals surface area contributed by atoms with Crippen molar-refractivity contribution in [3.63, 3.8) is 0 Å². The number of nitrogens with one attached hydrogen (secondary N) is 1. The number of benzene rings is 2. The lowest BCUT2D eigenvalue weighted by atomic mass is 9.83. The molecule has 1 atom stereocenters. The van der Waals surface area contributed by atoms with E-state index in [1.165, 1.54) is 17.7 Å². The summed E-state index contributed by atoms with van der Waals surface area (Å²) in [5.41, 5.74) is 2.25. The predicted octanol–water partition coefficient (Wildman–Crippen LogP) is 7.31. The van der Waals surface area contributed by atoms with Crippen LogP contribution in [0.1, 0.15) is 71.9 Å². The summed E-state index contributed by atoms with van der Waals surface area (Å²) in [6.45, 7) is 2.82. The van der Waals surface area contributed by atoms with E-state index in [4.69, 9.17) is 11.6 Å². The number of carbonyl (C=O) groups is 2. The summed E-state index contributed by atoms with van der Waals surface area (Å²) in [4.78, 5) is 32.2. The molecule has 1 saturated carbocycles. The highest BCUT2D eigenvalue weighted by Gasteiger charge is 2.53. The van der Waals surface area contributed by atoms with E-state index in [2.05, 4.69) is 22.9 Å². The van der Waals surface area contributed by atoms with Crippen molar-refractivity contribution in [1.29, 1.82) is 0 Å². The monoisotopic (exact) mass is 559 g/mol. The third kappa shape index (κ3) is 4.78. The van der Waals surface area contributed by atoms with Crippen molar-refractivity contribution >= 4 is 45.0 Å². The first-order chi connectivity index (χ1) is 19.0. The van der Waals surface area contributed by atoms with Gasteiger partial charge in [0.25, 0.3) is 11.8 Å². The van der Waals surface area contributed by atoms with Crippen molar-refractivity contribution in [3.05, 3.63) is 93.5 Å². The Balaban J connectivity index is 1.52. The van der Waals surface area contributed by atoms with Gasteiger partial charge in [-0.25, -0.2) is 0 Å². The molecule has 1 unspecified atom stereocenters. The predicted molar refractivity (Wildman–Crippen MR) is 158 cm³/mol. The molecule has 3 heterocycles. The molecule has 1 aliphatic carbocycles. The second-order valence-corrected chi connectivity index (χ2v) is 12.4. The van der Waals surface area contributed by atoms with E-state index in [0.717, 1.165) is 53.4 Å². The van der Waals surface area contributed by atoms with Crippen molar-refractivity contribution in [3.8, 4) is 0 Å². The average Bonchev–Trinajstić information content (AvgIpc) is 3.40. The second kappa shape index (κ2) is 10.8. The highest BCUT2D eigenvalue weighted by Crippen LogP contribution is 2.42. The van der Waals surface area contributed by atoms with Crippen LogP contribution >= 0.6 is 22.9 Å². The van der Waals surface area contributed by atoms with Crippen molar-refractivity contribution in [2.75, 3.05) is 0 Å². The Kier molecular flexibility index (Phi) is 7.25. The Morgan fingerprint density at radius 1 is 1.03 bits per heavy atom. The van der Waals surface area contributed by atoms with Crippen LogP contribution in [-0.2, 0) is 29.8 Å². The molecular weight excluding hydrogens is 526 g/mol. The number of thiophene rings is 1. The number of aromatic nitrogens is 1. The highest BCUT2D eigenvalue weighted by atomic mass is 35.5. The van der Waals surface area contributed by atoms with Crippen LogP contribution in [0.3, 0.4) is 0 Å². The van der Waals surface area contributed by atoms with Gasteiger partial charge < -0.3 is 14.8 Å². The molecule has 1 fully saturated rings. The maximum absolute atomic E-state index is 14.7. The maximum Gasteiger partial charge on any atom is 0.272 e. The molecule has 2 aliphatic rings. The van der Waals surface area contributed by atoms with Gasteiger partial charge in [-0.2, -0.15) is 0 Å². The Bertz CT molecular complexity index is 1490. The molecule has 1 aliphatic heterocycles. The molecule has 2 amide bonds. The number of rotatable bonds is 6. The third-order valence-corrected chi connectivity index (χ3v) is 9.84. The minimum Gasteiger partial charge on any atom is -0.351 e. The van der Waals surface area contributed by atoms with Crippen LogP contribution in [-0.4, -0.2) is 27.3 Å². The molecular formula is C32H34ClN3O2S. The smallest absolute Gasteiger partial charge is 0.272 e.